The van der Waals surface area contributed by atoms with E-state index in [0.717, 1.165) is 71.3 Å². The minimum atomic E-state index is -0.196. The van der Waals surface area contributed by atoms with Crippen LogP contribution in [0.4, 0.5) is 0 Å². The minimum Gasteiger partial charge on any atom is -0.392 e. The van der Waals surface area contributed by atoms with E-state index in [4.69, 9.17) is 4.98 Å². The summed E-state index contributed by atoms with van der Waals surface area (Å²) < 4.78 is 2.09. The van der Waals surface area contributed by atoms with Crippen molar-refractivity contribution < 1.29 is 10.2 Å². The first-order chi connectivity index (χ1) is 16.1. The van der Waals surface area contributed by atoms with Gasteiger partial charge in [0.2, 0.25) is 0 Å². The molecule has 1 atom stereocenters. The number of aliphatic hydroxyl groups is 2. The summed E-state index contributed by atoms with van der Waals surface area (Å²) in [5.74, 6) is 0. The number of pyridine rings is 1. The number of aromatic nitrogens is 2. The molecule has 5 nitrogen and oxygen atoms in total. The summed E-state index contributed by atoms with van der Waals surface area (Å²) in [5.41, 5.74) is 7.59. The summed E-state index contributed by atoms with van der Waals surface area (Å²) >= 11 is 2.28. The number of hydrogen-bond donors (Lipinski definition) is 2. The molecule has 0 radical (unpaired) electrons. The number of piperidine rings is 1. The third kappa shape index (κ3) is 4.97. The standard InChI is InChI=1S/C26H26IN3O2S/c27-33-30-16-25(21-9-5-19(17-31)6-10-21)24-12-22(13-28-26(24)30)20-7-3-18(4-8-20)14-29-11-1-2-23(32)15-29/h3-10,12-13,16,23,31-32H,1-2,11,14-15,17H2. The van der Waals surface area contributed by atoms with Crippen LogP contribution < -0.4 is 0 Å². The van der Waals surface area contributed by atoms with Gasteiger partial charge >= 0.3 is 0 Å². The normalized spacial score (nSPS) is 17.0. The molecule has 4 aromatic rings. The highest BCUT2D eigenvalue weighted by Gasteiger charge is 2.18. The van der Waals surface area contributed by atoms with Gasteiger partial charge in [0.25, 0.3) is 0 Å². The third-order valence-corrected chi connectivity index (χ3v) is 8.01. The SMILES string of the molecule is OCc1ccc(-c2cn(SI)c3ncc(-c4ccc(CN5CCCC(O)C5)cc4)cc23)cc1. The van der Waals surface area contributed by atoms with E-state index >= 15 is 0 Å². The number of benzene rings is 2. The maximum absolute atomic E-state index is 9.92. The van der Waals surface area contributed by atoms with Gasteiger partial charge in [-0.25, -0.2) is 4.98 Å². The van der Waals surface area contributed by atoms with E-state index in [-0.39, 0.29) is 12.7 Å². The average molecular weight is 571 g/mol. The molecule has 1 fully saturated rings. The van der Waals surface area contributed by atoms with Crippen LogP contribution in [0.15, 0.2) is 67.0 Å². The summed E-state index contributed by atoms with van der Waals surface area (Å²) in [6.07, 6.45) is 5.85. The highest BCUT2D eigenvalue weighted by atomic mass is 127. The largest absolute Gasteiger partial charge is 0.392 e. The number of aliphatic hydroxyl groups excluding tert-OH is 2. The zero-order valence-electron chi connectivity index (χ0n) is 18.2. The average Bonchev–Trinajstić information content (AvgIpc) is 3.22. The van der Waals surface area contributed by atoms with E-state index in [9.17, 15) is 10.2 Å². The number of likely N-dealkylation sites (tertiary alicyclic amines) is 1. The van der Waals surface area contributed by atoms with Crippen LogP contribution in [0.2, 0.25) is 0 Å². The van der Waals surface area contributed by atoms with Gasteiger partial charge in [0.05, 0.1) is 12.7 Å². The molecule has 2 aromatic heterocycles. The van der Waals surface area contributed by atoms with Crippen molar-refractivity contribution in [2.75, 3.05) is 13.1 Å². The number of hydrogen-bond acceptors (Lipinski definition) is 5. The number of rotatable bonds is 6. The topological polar surface area (TPSA) is 61.5 Å². The molecular weight excluding hydrogens is 545 g/mol. The second kappa shape index (κ2) is 10.1. The molecular formula is C26H26IN3O2S. The minimum absolute atomic E-state index is 0.0473. The molecule has 0 spiro atoms. The molecule has 0 amide bonds. The first-order valence-corrected chi connectivity index (χ1v) is 14.5. The molecule has 33 heavy (non-hydrogen) atoms. The van der Waals surface area contributed by atoms with Crippen LogP contribution >= 0.6 is 30.3 Å². The van der Waals surface area contributed by atoms with E-state index in [1.165, 1.54) is 5.56 Å². The molecule has 3 heterocycles. The predicted molar refractivity (Wildman–Crippen MR) is 144 cm³/mol. The van der Waals surface area contributed by atoms with Crippen molar-refractivity contribution in [3.05, 3.63) is 78.1 Å². The monoisotopic (exact) mass is 571 g/mol. The van der Waals surface area contributed by atoms with E-state index in [1.54, 1.807) is 9.12 Å². The first-order valence-electron chi connectivity index (χ1n) is 11.1. The van der Waals surface area contributed by atoms with Crippen LogP contribution in [0.3, 0.4) is 0 Å². The van der Waals surface area contributed by atoms with Crippen molar-refractivity contribution >= 4 is 41.4 Å². The van der Waals surface area contributed by atoms with E-state index < -0.39 is 0 Å². The molecule has 0 saturated carbocycles. The maximum Gasteiger partial charge on any atom is 0.151 e. The Morgan fingerprint density at radius 2 is 1.73 bits per heavy atom. The number of fused-ring (bicyclic) bond motifs is 1. The van der Waals surface area contributed by atoms with E-state index in [2.05, 4.69) is 78.7 Å². The molecule has 7 heteroatoms. The van der Waals surface area contributed by atoms with Gasteiger partial charge in [-0.2, -0.15) is 0 Å². The van der Waals surface area contributed by atoms with Crippen LogP contribution in [-0.4, -0.2) is 43.3 Å². The first kappa shape index (κ1) is 22.9. The molecule has 0 bridgehead atoms. The Kier molecular flexibility index (Phi) is 7.03. The van der Waals surface area contributed by atoms with Crippen molar-refractivity contribution in [1.82, 2.24) is 13.9 Å². The molecule has 2 N–H and O–H groups in total. The van der Waals surface area contributed by atoms with Gasteiger partial charge in [0.1, 0.15) is 0 Å². The van der Waals surface area contributed by atoms with Gasteiger partial charge in [-0.15, -0.1) is 0 Å². The summed E-state index contributed by atoms with van der Waals surface area (Å²) in [6.45, 7) is 2.73. The molecule has 170 valence electrons. The quantitative estimate of drug-likeness (QED) is 0.293. The van der Waals surface area contributed by atoms with Crippen LogP contribution in [-0.2, 0) is 13.2 Å². The Labute approximate surface area is 210 Å². The van der Waals surface area contributed by atoms with Crippen LogP contribution in [0.1, 0.15) is 24.0 Å². The summed E-state index contributed by atoms with van der Waals surface area (Å²) in [5, 5.41) is 20.4. The number of β-amino-alcohol motifs (C(OH)–C–C–N with tert-alkyl or cyclic N) is 1. The molecule has 5 rings (SSSR count). The second-order valence-electron chi connectivity index (χ2n) is 8.62. The summed E-state index contributed by atoms with van der Waals surface area (Å²) in [6, 6.07) is 19.0. The molecule has 1 unspecified atom stereocenters. The molecule has 0 aliphatic carbocycles. The lowest BCUT2D eigenvalue weighted by molar-refractivity contribution is 0.0668. The fourth-order valence-electron chi connectivity index (χ4n) is 4.55. The smallest absolute Gasteiger partial charge is 0.151 e. The highest BCUT2D eigenvalue weighted by Crippen LogP contribution is 2.36. The lowest BCUT2D eigenvalue weighted by Gasteiger charge is -2.29. The van der Waals surface area contributed by atoms with E-state index in [1.807, 2.05) is 18.3 Å². The number of nitrogens with zero attached hydrogens (tertiary/aromatic N) is 3. The maximum atomic E-state index is 9.92. The second-order valence-corrected chi connectivity index (χ2v) is 10.3. The fraction of sp³-hybridized carbons (Fsp3) is 0.269. The van der Waals surface area contributed by atoms with Gasteiger partial charge in [-0.3, -0.25) is 8.87 Å². The molecule has 1 saturated heterocycles. The zero-order valence-corrected chi connectivity index (χ0v) is 21.2. The Hall–Kier alpha value is -1.91. The van der Waals surface area contributed by atoms with Gasteiger partial charge in [0.15, 0.2) is 5.65 Å². The Morgan fingerprint density at radius 1 is 1.00 bits per heavy atom. The Bertz CT molecular complexity index is 1240. The van der Waals surface area contributed by atoms with Crippen molar-refractivity contribution in [3.63, 3.8) is 0 Å². The predicted octanol–water partition coefficient (Wildman–Crippen LogP) is 5.67. The molecule has 1 aliphatic rings. The number of halogens is 1. The Morgan fingerprint density at radius 3 is 2.42 bits per heavy atom. The zero-order chi connectivity index (χ0) is 22.8. The van der Waals surface area contributed by atoms with Crippen molar-refractivity contribution in [2.24, 2.45) is 0 Å². The summed E-state index contributed by atoms with van der Waals surface area (Å²) in [7, 11) is 1.60. The van der Waals surface area contributed by atoms with Crippen LogP contribution in [0, 0.1) is 0 Å². The third-order valence-electron chi connectivity index (χ3n) is 6.31. The van der Waals surface area contributed by atoms with Crippen molar-refractivity contribution in [3.8, 4) is 22.3 Å². The lowest BCUT2D eigenvalue weighted by atomic mass is 10.0. The highest BCUT2D eigenvalue weighted by molar-refractivity contribution is 14.2. The van der Waals surface area contributed by atoms with Gasteiger partial charge in [-0.05, 0) is 47.7 Å². The fourth-order valence-corrected chi connectivity index (χ4v) is 5.80. The molecule has 2 aromatic carbocycles. The lowest BCUT2D eigenvalue weighted by Crippen LogP contribution is -2.37. The van der Waals surface area contributed by atoms with Gasteiger partial charge in [0, 0.05) is 72.3 Å². The van der Waals surface area contributed by atoms with Crippen LogP contribution in [0.5, 0.6) is 0 Å². The molecule has 1 aliphatic heterocycles. The Balaban J connectivity index is 1.44. The summed E-state index contributed by atoms with van der Waals surface area (Å²) in [4.78, 5) is 7.12. The van der Waals surface area contributed by atoms with Gasteiger partial charge in [-0.1, -0.05) is 48.5 Å². The van der Waals surface area contributed by atoms with Crippen molar-refractivity contribution in [1.29, 1.82) is 0 Å². The van der Waals surface area contributed by atoms with Crippen molar-refractivity contribution in [2.45, 2.75) is 32.1 Å². The van der Waals surface area contributed by atoms with E-state index in [0.29, 0.717) is 0 Å². The van der Waals surface area contributed by atoms with Gasteiger partial charge < -0.3 is 10.2 Å². The van der Waals surface area contributed by atoms with Crippen LogP contribution in [0.25, 0.3) is 33.3 Å².